The zero-order valence-corrected chi connectivity index (χ0v) is 11.5. The van der Waals surface area contributed by atoms with E-state index in [1.165, 1.54) is 17.5 Å². The maximum absolute atomic E-state index is 12.6. The van der Waals surface area contributed by atoms with E-state index in [0.717, 1.165) is 51.9 Å². The van der Waals surface area contributed by atoms with Gasteiger partial charge in [0, 0.05) is 26.2 Å². The summed E-state index contributed by atoms with van der Waals surface area (Å²) in [7, 11) is 0. The average Bonchev–Trinajstić information content (AvgIpc) is 2.69. The lowest BCUT2D eigenvalue weighted by molar-refractivity contribution is 0.141. The molecule has 1 aromatic carbocycles. The molecule has 2 amide bonds. The highest BCUT2D eigenvalue weighted by Crippen LogP contribution is 2.20. The van der Waals surface area contributed by atoms with Crippen molar-refractivity contribution in [2.24, 2.45) is 0 Å². The fourth-order valence-corrected chi connectivity index (χ4v) is 3.15. The van der Waals surface area contributed by atoms with Gasteiger partial charge in [0.2, 0.25) is 0 Å². The molecule has 0 saturated carbocycles. The van der Waals surface area contributed by atoms with E-state index >= 15 is 0 Å². The summed E-state index contributed by atoms with van der Waals surface area (Å²) < 4.78 is 0. The number of carbonyl (C=O) groups excluding carboxylic acids is 1. The van der Waals surface area contributed by atoms with E-state index in [1.54, 1.807) is 0 Å². The van der Waals surface area contributed by atoms with Crippen LogP contribution in [0.4, 0.5) is 4.79 Å². The van der Waals surface area contributed by atoms with E-state index in [0.29, 0.717) is 0 Å². The van der Waals surface area contributed by atoms with Gasteiger partial charge in [-0.05, 0) is 43.2 Å². The van der Waals surface area contributed by atoms with Crippen LogP contribution in [0.3, 0.4) is 0 Å². The summed E-state index contributed by atoms with van der Waals surface area (Å²) in [6.07, 6.45) is 5.77. The number of piperidine rings is 1. The van der Waals surface area contributed by atoms with Crippen molar-refractivity contribution in [3.63, 3.8) is 0 Å². The standard InChI is InChI=1S/C16H22N2O/c19-16(17-10-4-1-5-11-17)18-12-6-9-14-7-2-3-8-15(14)13-18/h2-3,7-8H,1,4-6,9-13H2. The Kier molecular flexibility index (Phi) is 3.72. The number of rotatable bonds is 0. The third-order valence-electron chi connectivity index (χ3n) is 4.25. The first-order valence-electron chi connectivity index (χ1n) is 7.45. The lowest BCUT2D eigenvalue weighted by atomic mass is 10.0. The number of hydrogen-bond donors (Lipinski definition) is 0. The topological polar surface area (TPSA) is 23.6 Å². The maximum Gasteiger partial charge on any atom is 0.320 e. The van der Waals surface area contributed by atoms with Crippen LogP contribution in [0.25, 0.3) is 0 Å². The van der Waals surface area contributed by atoms with E-state index < -0.39 is 0 Å². The van der Waals surface area contributed by atoms with Crippen molar-refractivity contribution in [1.82, 2.24) is 9.80 Å². The lowest BCUT2D eigenvalue weighted by Gasteiger charge is -2.32. The van der Waals surface area contributed by atoms with E-state index in [9.17, 15) is 4.79 Å². The van der Waals surface area contributed by atoms with Crippen LogP contribution >= 0.6 is 0 Å². The van der Waals surface area contributed by atoms with Crippen molar-refractivity contribution in [2.45, 2.75) is 38.6 Å². The van der Waals surface area contributed by atoms with Crippen molar-refractivity contribution in [1.29, 1.82) is 0 Å². The van der Waals surface area contributed by atoms with Crippen LogP contribution in [0.1, 0.15) is 36.8 Å². The first-order valence-corrected chi connectivity index (χ1v) is 7.45. The molecule has 0 N–H and O–H groups in total. The largest absolute Gasteiger partial charge is 0.325 e. The average molecular weight is 258 g/mol. The quantitative estimate of drug-likeness (QED) is 0.701. The summed E-state index contributed by atoms with van der Waals surface area (Å²) in [6, 6.07) is 8.78. The molecule has 0 aliphatic carbocycles. The number of aryl methyl sites for hydroxylation is 1. The third-order valence-corrected chi connectivity index (χ3v) is 4.25. The molecule has 0 bridgehead atoms. The molecule has 1 fully saturated rings. The minimum atomic E-state index is 0.247. The predicted molar refractivity (Wildman–Crippen MR) is 76.0 cm³/mol. The van der Waals surface area contributed by atoms with Crippen molar-refractivity contribution in [3.8, 4) is 0 Å². The molecule has 3 rings (SSSR count). The van der Waals surface area contributed by atoms with Gasteiger partial charge in [0.15, 0.2) is 0 Å². The van der Waals surface area contributed by atoms with Crippen molar-refractivity contribution in [3.05, 3.63) is 35.4 Å². The Morgan fingerprint density at radius 3 is 2.32 bits per heavy atom. The van der Waals surface area contributed by atoms with Gasteiger partial charge >= 0.3 is 6.03 Å². The number of urea groups is 1. The molecule has 0 radical (unpaired) electrons. The van der Waals surface area contributed by atoms with E-state index in [4.69, 9.17) is 0 Å². The molecule has 3 heteroatoms. The zero-order chi connectivity index (χ0) is 13.1. The van der Waals surface area contributed by atoms with Gasteiger partial charge in [-0.25, -0.2) is 4.79 Å². The second-order valence-corrected chi connectivity index (χ2v) is 5.62. The number of hydrogen-bond acceptors (Lipinski definition) is 1. The Morgan fingerprint density at radius 1 is 0.842 bits per heavy atom. The summed E-state index contributed by atoms with van der Waals surface area (Å²) in [6.45, 7) is 3.56. The van der Waals surface area contributed by atoms with E-state index in [2.05, 4.69) is 24.3 Å². The normalized spacial score (nSPS) is 19.8. The molecule has 0 atom stereocenters. The Hall–Kier alpha value is -1.51. The molecule has 2 heterocycles. The van der Waals surface area contributed by atoms with Crippen LogP contribution in [0, 0.1) is 0 Å². The van der Waals surface area contributed by atoms with Crippen LogP contribution in [-0.2, 0) is 13.0 Å². The number of fused-ring (bicyclic) bond motifs is 1. The third kappa shape index (κ3) is 2.75. The molecule has 0 spiro atoms. The predicted octanol–water partition coefficient (Wildman–Crippen LogP) is 3.04. The van der Waals surface area contributed by atoms with Gasteiger partial charge in [0.1, 0.15) is 0 Å². The second-order valence-electron chi connectivity index (χ2n) is 5.62. The fourth-order valence-electron chi connectivity index (χ4n) is 3.15. The van der Waals surface area contributed by atoms with Crippen LogP contribution in [-0.4, -0.2) is 35.5 Å². The Bertz CT molecular complexity index is 452. The van der Waals surface area contributed by atoms with Crippen molar-refractivity contribution in [2.75, 3.05) is 19.6 Å². The Balaban J connectivity index is 1.73. The van der Waals surface area contributed by atoms with Crippen LogP contribution in [0.2, 0.25) is 0 Å². The highest BCUT2D eigenvalue weighted by molar-refractivity contribution is 5.74. The van der Waals surface area contributed by atoms with Crippen LogP contribution < -0.4 is 0 Å². The molecule has 1 aromatic rings. The second kappa shape index (κ2) is 5.64. The summed E-state index contributed by atoms with van der Waals surface area (Å²) in [5.41, 5.74) is 2.74. The minimum absolute atomic E-state index is 0.247. The van der Waals surface area contributed by atoms with Crippen molar-refractivity contribution >= 4 is 6.03 Å². The van der Waals surface area contributed by atoms with Crippen molar-refractivity contribution < 1.29 is 4.79 Å². The number of benzene rings is 1. The molecule has 1 saturated heterocycles. The fraction of sp³-hybridized carbons (Fsp3) is 0.562. The van der Waals surface area contributed by atoms with Crippen LogP contribution in [0.15, 0.2) is 24.3 Å². The Morgan fingerprint density at radius 2 is 1.53 bits per heavy atom. The van der Waals surface area contributed by atoms with Gasteiger partial charge in [-0.3, -0.25) is 0 Å². The smallest absolute Gasteiger partial charge is 0.320 e. The van der Waals surface area contributed by atoms with Gasteiger partial charge in [-0.1, -0.05) is 24.3 Å². The molecule has 2 aliphatic heterocycles. The van der Waals surface area contributed by atoms with Gasteiger partial charge in [0.05, 0.1) is 0 Å². The van der Waals surface area contributed by atoms with Gasteiger partial charge < -0.3 is 9.80 Å². The molecule has 102 valence electrons. The van der Waals surface area contributed by atoms with Gasteiger partial charge in [-0.2, -0.15) is 0 Å². The highest BCUT2D eigenvalue weighted by atomic mass is 16.2. The zero-order valence-electron chi connectivity index (χ0n) is 11.5. The molecule has 3 nitrogen and oxygen atoms in total. The highest BCUT2D eigenvalue weighted by Gasteiger charge is 2.24. The number of carbonyl (C=O) groups is 1. The van der Waals surface area contributed by atoms with Crippen LogP contribution in [0.5, 0.6) is 0 Å². The monoisotopic (exact) mass is 258 g/mol. The SMILES string of the molecule is O=C(N1CCCCC1)N1CCCc2ccccc2C1. The maximum atomic E-state index is 12.6. The van der Waals surface area contributed by atoms with Gasteiger partial charge in [0.25, 0.3) is 0 Å². The first kappa shape index (κ1) is 12.5. The molecule has 0 aromatic heterocycles. The minimum Gasteiger partial charge on any atom is -0.325 e. The Labute approximate surface area is 115 Å². The summed E-state index contributed by atoms with van der Waals surface area (Å²) in [5, 5.41) is 0. The molecular formula is C16H22N2O. The molecule has 0 unspecified atom stereocenters. The number of nitrogens with zero attached hydrogens (tertiary/aromatic N) is 2. The van der Waals surface area contributed by atoms with Gasteiger partial charge in [-0.15, -0.1) is 0 Å². The number of likely N-dealkylation sites (tertiary alicyclic amines) is 1. The van der Waals surface area contributed by atoms with E-state index in [-0.39, 0.29) is 6.03 Å². The molecular weight excluding hydrogens is 236 g/mol. The van der Waals surface area contributed by atoms with E-state index in [1.807, 2.05) is 9.80 Å². The molecule has 19 heavy (non-hydrogen) atoms. The first-order chi connectivity index (χ1) is 9.34. The molecule has 2 aliphatic rings. The summed E-state index contributed by atoms with van der Waals surface area (Å²) in [5.74, 6) is 0. The summed E-state index contributed by atoms with van der Waals surface area (Å²) in [4.78, 5) is 16.6. The lowest BCUT2D eigenvalue weighted by Crippen LogP contribution is -2.45. The summed E-state index contributed by atoms with van der Waals surface area (Å²) >= 11 is 0. The number of amides is 2.